The number of hydrogen-bond donors (Lipinski definition) is 1. The normalized spacial score (nSPS) is 28.6. The van der Waals surface area contributed by atoms with Crippen LogP contribution in [0.5, 0.6) is 0 Å². The van der Waals surface area contributed by atoms with E-state index < -0.39 is 0 Å². The van der Waals surface area contributed by atoms with Crippen molar-refractivity contribution in [3.63, 3.8) is 0 Å². The average Bonchev–Trinajstić information content (AvgIpc) is 2.34. The van der Waals surface area contributed by atoms with Gasteiger partial charge in [-0.3, -0.25) is 0 Å². The van der Waals surface area contributed by atoms with Crippen LogP contribution in [0.2, 0.25) is 5.02 Å². The number of pyridine rings is 1. The van der Waals surface area contributed by atoms with Crippen LogP contribution in [0.15, 0.2) is 23.4 Å². The maximum Gasteiger partial charge on any atom is 0.115 e. The molecule has 4 heteroatoms. The first-order valence-corrected chi connectivity index (χ1v) is 7.86. The molecule has 1 aliphatic rings. The Morgan fingerprint density at radius 1 is 1.44 bits per heavy atom. The highest BCUT2D eigenvalue weighted by Gasteiger charge is 2.30. The molecule has 2 N–H and O–H groups in total. The molecule has 0 spiro atoms. The minimum Gasteiger partial charge on any atom is -0.327 e. The Morgan fingerprint density at radius 3 is 2.89 bits per heavy atom. The van der Waals surface area contributed by atoms with Crippen LogP contribution in [0.1, 0.15) is 33.1 Å². The molecule has 1 fully saturated rings. The number of thioether (sulfide) groups is 1. The molecule has 1 heterocycles. The van der Waals surface area contributed by atoms with Crippen LogP contribution in [-0.2, 0) is 0 Å². The SMILES string of the molecule is CC(C)C1CCC(N)C(Sc2ncccc2Cl)C1. The van der Waals surface area contributed by atoms with Crippen molar-refractivity contribution in [2.75, 3.05) is 0 Å². The van der Waals surface area contributed by atoms with E-state index in [0.717, 1.165) is 28.3 Å². The maximum absolute atomic E-state index is 6.25. The molecule has 0 aliphatic heterocycles. The largest absolute Gasteiger partial charge is 0.327 e. The van der Waals surface area contributed by atoms with E-state index in [4.69, 9.17) is 17.3 Å². The molecule has 3 atom stereocenters. The Balaban J connectivity index is 2.05. The Kier molecular flexibility index (Phi) is 4.93. The molecule has 2 nitrogen and oxygen atoms in total. The lowest BCUT2D eigenvalue weighted by Gasteiger charge is -2.35. The fourth-order valence-electron chi connectivity index (χ4n) is 2.53. The van der Waals surface area contributed by atoms with Gasteiger partial charge in [-0.2, -0.15) is 0 Å². The summed E-state index contributed by atoms with van der Waals surface area (Å²) in [5.41, 5.74) is 6.25. The van der Waals surface area contributed by atoms with Crippen LogP contribution in [-0.4, -0.2) is 16.3 Å². The predicted octanol–water partition coefficient (Wildman–Crippen LogP) is 3.98. The molecular weight excluding hydrogens is 264 g/mol. The van der Waals surface area contributed by atoms with Crippen LogP contribution in [0.4, 0.5) is 0 Å². The Morgan fingerprint density at radius 2 is 2.22 bits per heavy atom. The van der Waals surface area contributed by atoms with Crippen LogP contribution in [0, 0.1) is 11.8 Å². The zero-order chi connectivity index (χ0) is 13.1. The molecule has 0 amide bonds. The van der Waals surface area contributed by atoms with Crippen molar-refractivity contribution >= 4 is 23.4 Å². The van der Waals surface area contributed by atoms with Gasteiger partial charge in [-0.15, -0.1) is 0 Å². The molecule has 1 aromatic rings. The third-order valence-electron chi connectivity index (χ3n) is 3.81. The molecule has 0 saturated heterocycles. The lowest BCUT2D eigenvalue weighted by atomic mass is 9.79. The summed E-state index contributed by atoms with van der Waals surface area (Å²) in [6.07, 6.45) is 5.34. The van der Waals surface area contributed by atoms with Gasteiger partial charge in [0.15, 0.2) is 0 Å². The van der Waals surface area contributed by atoms with Gasteiger partial charge in [0, 0.05) is 17.5 Å². The van der Waals surface area contributed by atoms with E-state index in [1.807, 2.05) is 12.1 Å². The minimum absolute atomic E-state index is 0.267. The van der Waals surface area contributed by atoms with Crippen molar-refractivity contribution in [3.05, 3.63) is 23.4 Å². The summed E-state index contributed by atoms with van der Waals surface area (Å²) >= 11 is 7.92. The lowest BCUT2D eigenvalue weighted by Crippen LogP contribution is -2.39. The van der Waals surface area contributed by atoms with E-state index in [-0.39, 0.29) is 6.04 Å². The zero-order valence-corrected chi connectivity index (χ0v) is 12.5. The Hall–Kier alpha value is -0.250. The predicted molar refractivity (Wildman–Crippen MR) is 79.0 cm³/mol. The highest BCUT2D eigenvalue weighted by atomic mass is 35.5. The number of halogens is 1. The van der Waals surface area contributed by atoms with E-state index in [0.29, 0.717) is 5.25 Å². The second kappa shape index (κ2) is 6.27. The second-order valence-electron chi connectivity index (χ2n) is 5.43. The third-order valence-corrected chi connectivity index (χ3v) is 5.62. The highest BCUT2D eigenvalue weighted by molar-refractivity contribution is 8.00. The average molecular weight is 285 g/mol. The van der Waals surface area contributed by atoms with E-state index >= 15 is 0 Å². The fourth-order valence-corrected chi connectivity index (χ4v) is 4.02. The first-order chi connectivity index (χ1) is 8.58. The summed E-state index contributed by atoms with van der Waals surface area (Å²) in [6, 6.07) is 4.03. The van der Waals surface area contributed by atoms with Crippen LogP contribution in [0.25, 0.3) is 0 Å². The smallest absolute Gasteiger partial charge is 0.115 e. The fraction of sp³-hybridized carbons (Fsp3) is 0.643. The molecule has 100 valence electrons. The number of aromatic nitrogens is 1. The van der Waals surface area contributed by atoms with Gasteiger partial charge >= 0.3 is 0 Å². The third kappa shape index (κ3) is 3.40. The van der Waals surface area contributed by atoms with E-state index in [1.54, 1.807) is 18.0 Å². The maximum atomic E-state index is 6.25. The second-order valence-corrected chi connectivity index (χ2v) is 7.06. The topological polar surface area (TPSA) is 38.9 Å². The molecule has 0 aromatic carbocycles. The molecule has 0 bridgehead atoms. The lowest BCUT2D eigenvalue weighted by molar-refractivity contribution is 0.266. The van der Waals surface area contributed by atoms with E-state index in [1.165, 1.54) is 12.8 Å². The number of nitrogens with zero attached hydrogens (tertiary/aromatic N) is 1. The quantitative estimate of drug-likeness (QED) is 0.912. The van der Waals surface area contributed by atoms with Crippen molar-refractivity contribution < 1.29 is 0 Å². The van der Waals surface area contributed by atoms with Crippen molar-refractivity contribution in [2.45, 2.75) is 49.4 Å². The van der Waals surface area contributed by atoms with Crippen LogP contribution < -0.4 is 5.73 Å². The summed E-state index contributed by atoms with van der Waals surface area (Å²) in [4.78, 5) is 4.35. The molecule has 1 aromatic heterocycles. The summed E-state index contributed by atoms with van der Waals surface area (Å²) in [5, 5.41) is 2.10. The van der Waals surface area contributed by atoms with Crippen molar-refractivity contribution in [1.29, 1.82) is 0 Å². The van der Waals surface area contributed by atoms with Crippen LogP contribution >= 0.6 is 23.4 Å². The zero-order valence-electron chi connectivity index (χ0n) is 11.0. The summed E-state index contributed by atoms with van der Waals surface area (Å²) < 4.78 is 0. The molecule has 1 aliphatic carbocycles. The molecule has 0 radical (unpaired) electrons. The number of hydrogen-bond acceptors (Lipinski definition) is 3. The van der Waals surface area contributed by atoms with Gasteiger partial charge in [0.25, 0.3) is 0 Å². The Bertz CT molecular complexity index is 397. The summed E-state index contributed by atoms with van der Waals surface area (Å²) in [7, 11) is 0. The van der Waals surface area contributed by atoms with Gasteiger partial charge in [0.1, 0.15) is 5.03 Å². The minimum atomic E-state index is 0.267. The van der Waals surface area contributed by atoms with Crippen LogP contribution in [0.3, 0.4) is 0 Å². The van der Waals surface area contributed by atoms with Gasteiger partial charge < -0.3 is 5.73 Å². The van der Waals surface area contributed by atoms with Crippen molar-refractivity contribution in [3.8, 4) is 0 Å². The van der Waals surface area contributed by atoms with Crippen molar-refractivity contribution in [1.82, 2.24) is 4.98 Å². The van der Waals surface area contributed by atoms with Gasteiger partial charge in [-0.25, -0.2) is 4.98 Å². The van der Waals surface area contributed by atoms with Gasteiger partial charge in [-0.1, -0.05) is 37.2 Å². The number of rotatable bonds is 3. The van der Waals surface area contributed by atoms with Gasteiger partial charge in [0.2, 0.25) is 0 Å². The standard InChI is InChI=1S/C14H21ClN2S/c1-9(2)10-5-6-12(16)13(8-10)18-14-11(15)4-3-7-17-14/h3-4,7,9-10,12-13H,5-6,8,16H2,1-2H3. The Labute approximate surface area is 119 Å². The van der Waals surface area contributed by atoms with E-state index in [2.05, 4.69) is 18.8 Å². The summed E-state index contributed by atoms with van der Waals surface area (Å²) in [6.45, 7) is 4.61. The summed E-state index contributed by atoms with van der Waals surface area (Å²) in [5.74, 6) is 1.52. The molecule has 2 rings (SSSR count). The monoisotopic (exact) mass is 284 g/mol. The molecule has 3 unspecified atom stereocenters. The number of nitrogens with two attached hydrogens (primary N) is 1. The first-order valence-electron chi connectivity index (χ1n) is 6.60. The first kappa shape index (κ1) is 14.2. The van der Waals surface area contributed by atoms with Gasteiger partial charge in [0.05, 0.1) is 5.02 Å². The van der Waals surface area contributed by atoms with Crippen molar-refractivity contribution in [2.24, 2.45) is 17.6 Å². The molecular formula is C14H21ClN2S. The van der Waals surface area contributed by atoms with E-state index in [9.17, 15) is 0 Å². The molecule has 18 heavy (non-hydrogen) atoms. The molecule has 1 saturated carbocycles. The van der Waals surface area contributed by atoms with Gasteiger partial charge in [-0.05, 0) is 43.2 Å². The highest BCUT2D eigenvalue weighted by Crippen LogP contribution is 2.39.